The SMILES string of the molecule is c1ccc(-c2ccc(N(c3ccc(-c4ccccc4)cc3-c3ccccc3)c3cc4ccccc4c4ccccc34)cc2)cc1. The molecule has 0 spiro atoms. The molecule has 0 heterocycles. The second-order valence-corrected chi connectivity index (χ2v) is 11.4. The number of benzene rings is 8. The quantitative estimate of drug-likeness (QED) is 0.179. The Morgan fingerprint density at radius 3 is 1.44 bits per heavy atom. The van der Waals surface area contributed by atoms with Gasteiger partial charge in [0.15, 0.2) is 0 Å². The third-order valence-electron chi connectivity index (χ3n) is 8.65. The molecule has 8 rings (SSSR count). The van der Waals surface area contributed by atoms with Gasteiger partial charge in [-0.2, -0.15) is 0 Å². The molecule has 0 N–H and O–H groups in total. The van der Waals surface area contributed by atoms with Crippen LogP contribution in [0.3, 0.4) is 0 Å². The minimum Gasteiger partial charge on any atom is -0.309 e. The van der Waals surface area contributed by atoms with Gasteiger partial charge in [0.2, 0.25) is 0 Å². The Kier molecular flexibility index (Phi) is 6.90. The van der Waals surface area contributed by atoms with Gasteiger partial charge in [-0.15, -0.1) is 0 Å². The van der Waals surface area contributed by atoms with E-state index in [1.54, 1.807) is 0 Å². The van der Waals surface area contributed by atoms with Crippen molar-refractivity contribution < 1.29 is 0 Å². The lowest BCUT2D eigenvalue weighted by Gasteiger charge is -2.30. The Labute approximate surface area is 264 Å². The third kappa shape index (κ3) is 5.05. The van der Waals surface area contributed by atoms with Gasteiger partial charge >= 0.3 is 0 Å². The van der Waals surface area contributed by atoms with Crippen LogP contribution in [0.1, 0.15) is 0 Å². The van der Waals surface area contributed by atoms with Gasteiger partial charge in [0, 0.05) is 16.6 Å². The van der Waals surface area contributed by atoms with Crippen LogP contribution in [0.4, 0.5) is 17.1 Å². The van der Waals surface area contributed by atoms with E-state index >= 15 is 0 Å². The highest BCUT2D eigenvalue weighted by Gasteiger charge is 2.21. The van der Waals surface area contributed by atoms with Crippen molar-refractivity contribution in [1.29, 1.82) is 0 Å². The zero-order valence-corrected chi connectivity index (χ0v) is 24.8. The standard InChI is InChI=1S/C44H31N/c1-4-14-32(15-5-1)34-24-27-38(28-25-34)45(44-31-37-20-10-11-21-39(37)40-22-12-13-23-41(40)44)43-29-26-36(33-16-6-2-7-17-33)30-42(43)35-18-8-3-9-19-35/h1-31H. The smallest absolute Gasteiger partial charge is 0.0546 e. The molecule has 45 heavy (non-hydrogen) atoms. The van der Waals surface area contributed by atoms with Gasteiger partial charge < -0.3 is 4.90 Å². The highest BCUT2D eigenvalue weighted by Crippen LogP contribution is 2.46. The maximum Gasteiger partial charge on any atom is 0.0546 e. The van der Waals surface area contributed by atoms with Crippen LogP contribution in [-0.4, -0.2) is 0 Å². The van der Waals surface area contributed by atoms with Crippen molar-refractivity contribution in [1.82, 2.24) is 0 Å². The van der Waals surface area contributed by atoms with E-state index < -0.39 is 0 Å². The second-order valence-electron chi connectivity index (χ2n) is 11.4. The lowest BCUT2D eigenvalue weighted by molar-refractivity contribution is 1.30. The maximum atomic E-state index is 2.45. The van der Waals surface area contributed by atoms with Crippen molar-refractivity contribution in [3.8, 4) is 33.4 Å². The first-order chi connectivity index (χ1) is 22.3. The molecular weight excluding hydrogens is 542 g/mol. The summed E-state index contributed by atoms with van der Waals surface area (Å²) >= 11 is 0. The van der Waals surface area contributed by atoms with Crippen LogP contribution in [0.2, 0.25) is 0 Å². The summed E-state index contributed by atoms with van der Waals surface area (Å²) < 4.78 is 0. The molecule has 0 bridgehead atoms. The van der Waals surface area contributed by atoms with Crippen molar-refractivity contribution in [2.75, 3.05) is 4.90 Å². The van der Waals surface area contributed by atoms with Crippen LogP contribution in [0.25, 0.3) is 54.9 Å². The molecule has 0 saturated carbocycles. The molecule has 0 aromatic heterocycles. The molecule has 0 aliphatic heterocycles. The average molecular weight is 574 g/mol. The van der Waals surface area contributed by atoms with E-state index in [1.165, 1.54) is 54.9 Å². The van der Waals surface area contributed by atoms with E-state index in [1.807, 2.05) is 0 Å². The van der Waals surface area contributed by atoms with E-state index in [4.69, 9.17) is 0 Å². The van der Waals surface area contributed by atoms with Crippen molar-refractivity contribution in [3.63, 3.8) is 0 Å². The molecule has 0 aliphatic carbocycles. The summed E-state index contributed by atoms with van der Waals surface area (Å²) in [6.07, 6.45) is 0. The Morgan fingerprint density at radius 2 is 0.778 bits per heavy atom. The van der Waals surface area contributed by atoms with Gasteiger partial charge in [-0.05, 0) is 74.3 Å². The summed E-state index contributed by atoms with van der Waals surface area (Å²) in [6.45, 7) is 0. The number of hydrogen-bond acceptors (Lipinski definition) is 1. The molecular formula is C44H31N. The predicted octanol–water partition coefficient (Wildman–Crippen LogP) is 12.5. The van der Waals surface area contributed by atoms with Gasteiger partial charge in [-0.1, -0.05) is 158 Å². The average Bonchev–Trinajstić information content (AvgIpc) is 3.13. The number of hydrogen-bond donors (Lipinski definition) is 0. The highest BCUT2D eigenvalue weighted by atomic mass is 15.1. The predicted molar refractivity (Wildman–Crippen MR) is 192 cm³/mol. The fraction of sp³-hybridized carbons (Fsp3) is 0. The second kappa shape index (κ2) is 11.6. The maximum absolute atomic E-state index is 2.45. The minimum absolute atomic E-state index is 1.11. The fourth-order valence-electron chi connectivity index (χ4n) is 6.45. The molecule has 1 nitrogen and oxygen atoms in total. The first-order valence-electron chi connectivity index (χ1n) is 15.4. The van der Waals surface area contributed by atoms with Gasteiger partial charge in [0.05, 0.1) is 11.4 Å². The summed E-state index contributed by atoms with van der Waals surface area (Å²) in [6, 6.07) is 67.7. The van der Waals surface area contributed by atoms with Crippen LogP contribution >= 0.6 is 0 Å². The van der Waals surface area contributed by atoms with E-state index in [9.17, 15) is 0 Å². The Balaban J connectivity index is 1.41. The normalized spacial score (nSPS) is 11.1. The third-order valence-corrected chi connectivity index (χ3v) is 8.65. The summed E-state index contributed by atoms with van der Waals surface area (Å²) in [5.41, 5.74) is 10.6. The Bertz CT molecular complexity index is 2240. The molecule has 0 amide bonds. The summed E-state index contributed by atoms with van der Waals surface area (Å²) in [5, 5.41) is 4.95. The van der Waals surface area contributed by atoms with E-state index in [-0.39, 0.29) is 0 Å². The molecule has 0 atom stereocenters. The molecule has 0 aliphatic rings. The Hall–Kier alpha value is -5.92. The topological polar surface area (TPSA) is 3.24 Å². The van der Waals surface area contributed by atoms with E-state index in [0.717, 1.165) is 17.1 Å². The molecule has 0 radical (unpaired) electrons. The van der Waals surface area contributed by atoms with Crippen molar-refractivity contribution in [3.05, 3.63) is 188 Å². The van der Waals surface area contributed by atoms with Crippen molar-refractivity contribution in [2.24, 2.45) is 0 Å². The zero-order valence-electron chi connectivity index (χ0n) is 24.8. The van der Waals surface area contributed by atoms with Crippen LogP contribution in [-0.2, 0) is 0 Å². The molecule has 0 fully saturated rings. The number of fused-ring (bicyclic) bond motifs is 3. The van der Waals surface area contributed by atoms with E-state index in [2.05, 4.69) is 193 Å². The van der Waals surface area contributed by atoms with Gasteiger partial charge in [-0.25, -0.2) is 0 Å². The number of anilines is 3. The first-order valence-corrected chi connectivity index (χ1v) is 15.4. The first kappa shape index (κ1) is 26.7. The minimum atomic E-state index is 1.11. The van der Waals surface area contributed by atoms with E-state index in [0.29, 0.717) is 0 Å². The summed E-state index contributed by atoms with van der Waals surface area (Å²) in [7, 11) is 0. The summed E-state index contributed by atoms with van der Waals surface area (Å²) in [5.74, 6) is 0. The number of rotatable bonds is 6. The van der Waals surface area contributed by atoms with Crippen molar-refractivity contribution in [2.45, 2.75) is 0 Å². The van der Waals surface area contributed by atoms with Gasteiger partial charge in [0.1, 0.15) is 0 Å². The highest BCUT2D eigenvalue weighted by molar-refractivity contribution is 6.15. The van der Waals surface area contributed by atoms with Crippen molar-refractivity contribution >= 4 is 38.6 Å². The van der Waals surface area contributed by atoms with Crippen LogP contribution in [0.5, 0.6) is 0 Å². The number of nitrogens with zero attached hydrogens (tertiary/aromatic N) is 1. The molecule has 0 unspecified atom stereocenters. The van der Waals surface area contributed by atoms with Crippen LogP contribution < -0.4 is 4.90 Å². The van der Waals surface area contributed by atoms with Gasteiger partial charge in [0.25, 0.3) is 0 Å². The Morgan fingerprint density at radius 1 is 0.289 bits per heavy atom. The molecule has 8 aromatic carbocycles. The fourth-order valence-corrected chi connectivity index (χ4v) is 6.45. The summed E-state index contributed by atoms with van der Waals surface area (Å²) in [4.78, 5) is 2.45. The monoisotopic (exact) mass is 573 g/mol. The largest absolute Gasteiger partial charge is 0.309 e. The molecule has 1 heteroatoms. The lowest BCUT2D eigenvalue weighted by atomic mass is 9.94. The molecule has 212 valence electrons. The zero-order chi connectivity index (χ0) is 30.0. The molecule has 8 aromatic rings. The molecule has 0 saturated heterocycles. The van der Waals surface area contributed by atoms with Crippen LogP contribution in [0.15, 0.2) is 188 Å². The van der Waals surface area contributed by atoms with Crippen LogP contribution in [0, 0.1) is 0 Å². The van der Waals surface area contributed by atoms with Gasteiger partial charge in [-0.3, -0.25) is 0 Å². The lowest BCUT2D eigenvalue weighted by Crippen LogP contribution is -2.12.